The lowest BCUT2D eigenvalue weighted by atomic mass is 9.92. The molecule has 1 aliphatic carbocycles. The molecule has 2 nitrogen and oxygen atoms in total. The van der Waals surface area contributed by atoms with Crippen LogP contribution in [0.2, 0.25) is 0 Å². The van der Waals surface area contributed by atoms with E-state index in [2.05, 4.69) is 24.3 Å². The monoisotopic (exact) mass is 165 g/mol. The summed E-state index contributed by atoms with van der Waals surface area (Å²) < 4.78 is 0. The van der Waals surface area contributed by atoms with Gasteiger partial charge in [0.25, 0.3) is 0 Å². The van der Waals surface area contributed by atoms with Crippen molar-refractivity contribution in [3.8, 4) is 0 Å². The predicted molar refractivity (Wildman–Crippen MR) is 45.7 cm³/mol. The maximum atomic E-state index is 7.25. The van der Waals surface area contributed by atoms with E-state index in [1.54, 1.807) is 11.1 Å². The quantitative estimate of drug-likeness (QED) is 0.466. The first-order chi connectivity index (χ1) is 5.97. The topological polar surface area (TPSA) is 43.3 Å². The van der Waals surface area contributed by atoms with E-state index in [1.165, 1.54) is 25.7 Å². The summed E-state index contributed by atoms with van der Waals surface area (Å²) in [6.07, 6.45) is 5.38. The van der Waals surface area contributed by atoms with Crippen molar-refractivity contribution in [2.45, 2.75) is 25.7 Å². The zero-order valence-corrected chi connectivity index (χ0v) is 6.99. The first-order valence-electron chi connectivity index (χ1n) is 4.22. The van der Waals surface area contributed by atoms with E-state index < -0.39 is 0 Å². The lowest BCUT2D eigenvalue weighted by Crippen LogP contribution is -2.00. The van der Waals surface area contributed by atoms with Crippen molar-refractivity contribution in [1.82, 2.24) is 0 Å². The highest BCUT2D eigenvalue weighted by Crippen LogP contribution is 2.19. The number of aryl methyl sites for hydroxylation is 2. The normalized spacial score (nSPS) is 14.2. The number of rotatable bonds is 0. The van der Waals surface area contributed by atoms with Gasteiger partial charge in [0.2, 0.25) is 0 Å². The van der Waals surface area contributed by atoms with Gasteiger partial charge in [0.1, 0.15) is 0 Å². The second-order valence-corrected chi connectivity index (χ2v) is 2.98. The van der Waals surface area contributed by atoms with Crippen LogP contribution < -0.4 is 5.26 Å². The Morgan fingerprint density at radius 2 is 1.33 bits per heavy atom. The van der Waals surface area contributed by atoms with Crippen molar-refractivity contribution in [3.05, 3.63) is 35.4 Å². The molecule has 2 rings (SSSR count). The minimum atomic E-state index is 1.30. The molecule has 0 saturated carbocycles. The SMILES string of the molecule is [O-]O.c1ccc2c(c1)CCCC2. The molecule has 0 fully saturated rings. The molecule has 1 aliphatic rings. The molecule has 0 spiro atoms. The molecule has 0 saturated heterocycles. The number of hydrogen-bond donors (Lipinski definition) is 1. The summed E-state index contributed by atoms with van der Waals surface area (Å²) in [5, 5.41) is 13.0. The highest BCUT2D eigenvalue weighted by Gasteiger charge is 2.05. The fraction of sp³-hybridized carbons (Fsp3) is 0.400. The summed E-state index contributed by atoms with van der Waals surface area (Å²) >= 11 is 0. The molecule has 1 N–H and O–H groups in total. The van der Waals surface area contributed by atoms with Crippen molar-refractivity contribution in [1.29, 1.82) is 0 Å². The minimum Gasteiger partial charge on any atom is -0.727 e. The number of benzene rings is 1. The first-order valence-corrected chi connectivity index (χ1v) is 4.22. The highest BCUT2D eigenvalue weighted by atomic mass is 17.0. The van der Waals surface area contributed by atoms with Gasteiger partial charge in [-0.1, -0.05) is 24.3 Å². The summed E-state index contributed by atoms with van der Waals surface area (Å²) in [7, 11) is 0. The first kappa shape index (κ1) is 9.23. The standard InChI is InChI=1S/C10H12.H2O2/c1-2-6-10-8-4-3-7-9(10)5-1;1-2/h1-2,5-6H,3-4,7-8H2;1-2H/p-1. The zero-order chi connectivity index (χ0) is 8.81. The molecule has 0 aromatic heterocycles. The van der Waals surface area contributed by atoms with E-state index in [0.717, 1.165) is 0 Å². The molecular weight excluding hydrogens is 152 g/mol. The third kappa shape index (κ3) is 2.06. The Balaban J connectivity index is 0.000000336. The Kier molecular flexibility index (Phi) is 3.77. The van der Waals surface area contributed by atoms with Crippen molar-refractivity contribution in [2.75, 3.05) is 0 Å². The molecule has 1 aromatic rings. The van der Waals surface area contributed by atoms with E-state index in [9.17, 15) is 0 Å². The van der Waals surface area contributed by atoms with Gasteiger partial charge in [0.05, 0.1) is 0 Å². The Bertz CT molecular complexity index is 208. The molecule has 1 aromatic carbocycles. The van der Waals surface area contributed by atoms with Crippen LogP contribution in [0, 0.1) is 0 Å². The number of hydrogen-bond acceptors (Lipinski definition) is 2. The van der Waals surface area contributed by atoms with Crippen molar-refractivity contribution in [2.24, 2.45) is 0 Å². The van der Waals surface area contributed by atoms with Gasteiger partial charge in [-0.3, -0.25) is 0 Å². The molecule has 0 bridgehead atoms. The van der Waals surface area contributed by atoms with Gasteiger partial charge in [-0.2, -0.15) is 0 Å². The summed E-state index contributed by atoms with van der Waals surface area (Å²) in [5.74, 6) is 0. The van der Waals surface area contributed by atoms with Gasteiger partial charge in [0.15, 0.2) is 0 Å². The van der Waals surface area contributed by atoms with Crippen LogP contribution in [0.5, 0.6) is 0 Å². The van der Waals surface area contributed by atoms with Crippen LogP contribution in [0.4, 0.5) is 0 Å². The summed E-state index contributed by atoms with van der Waals surface area (Å²) in [4.78, 5) is 0. The van der Waals surface area contributed by atoms with Gasteiger partial charge in [0, 0.05) is 0 Å². The third-order valence-electron chi connectivity index (χ3n) is 2.26. The predicted octanol–water partition coefficient (Wildman–Crippen LogP) is 1.39. The van der Waals surface area contributed by atoms with Gasteiger partial charge < -0.3 is 10.5 Å². The molecule has 0 radical (unpaired) electrons. The molecular formula is C10H13O2-. The molecule has 0 unspecified atom stereocenters. The summed E-state index contributed by atoms with van der Waals surface area (Å²) in [5.41, 5.74) is 3.16. The molecule has 0 amide bonds. The van der Waals surface area contributed by atoms with Crippen LogP contribution in [-0.4, -0.2) is 5.26 Å². The van der Waals surface area contributed by atoms with E-state index in [0.29, 0.717) is 0 Å². The molecule has 2 heteroatoms. The molecule has 0 heterocycles. The molecule has 66 valence electrons. The van der Waals surface area contributed by atoms with Crippen LogP contribution in [-0.2, 0) is 12.8 Å². The smallest absolute Gasteiger partial charge is 0.0276 e. The Hall–Kier alpha value is -0.860. The van der Waals surface area contributed by atoms with Crippen LogP contribution in [0.25, 0.3) is 0 Å². The van der Waals surface area contributed by atoms with E-state index in [1.807, 2.05) is 0 Å². The maximum Gasteiger partial charge on any atom is -0.0276 e. The Morgan fingerprint density at radius 3 is 1.75 bits per heavy atom. The second-order valence-electron chi connectivity index (χ2n) is 2.98. The van der Waals surface area contributed by atoms with Gasteiger partial charge in [-0.05, 0) is 36.8 Å². The van der Waals surface area contributed by atoms with Crippen LogP contribution in [0.3, 0.4) is 0 Å². The van der Waals surface area contributed by atoms with Crippen LogP contribution in [0.1, 0.15) is 24.0 Å². The van der Waals surface area contributed by atoms with Crippen molar-refractivity contribution < 1.29 is 10.5 Å². The number of fused-ring (bicyclic) bond motifs is 1. The largest absolute Gasteiger partial charge is 0.727 e. The van der Waals surface area contributed by atoms with Gasteiger partial charge in [-0.25, -0.2) is 0 Å². The fourth-order valence-corrected chi connectivity index (χ4v) is 1.68. The average Bonchev–Trinajstić information content (AvgIpc) is 2.21. The fourth-order valence-electron chi connectivity index (χ4n) is 1.68. The van der Waals surface area contributed by atoms with E-state index in [4.69, 9.17) is 10.5 Å². The summed E-state index contributed by atoms with van der Waals surface area (Å²) in [6.45, 7) is 0. The zero-order valence-electron chi connectivity index (χ0n) is 6.99. The van der Waals surface area contributed by atoms with Crippen LogP contribution in [0.15, 0.2) is 24.3 Å². The summed E-state index contributed by atoms with van der Waals surface area (Å²) in [6, 6.07) is 8.80. The maximum absolute atomic E-state index is 7.25. The van der Waals surface area contributed by atoms with Gasteiger partial charge >= 0.3 is 0 Å². The molecule has 0 atom stereocenters. The van der Waals surface area contributed by atoms with Gasteiger partial charge in [-0.15, -0.1) is 0 Å². The van der Waals surface area contributed by atoms with E-state index >= 15 is 0 Å². The third-order valence-corrected chi connectivity index (χ3v) is 2.26. The Morgan fingerprint density at radius 1 is 0.917 bits per heavy atom. The molecule has 0 aliphatic heterocycles. The van der Waals surface area contributed by atoms with Crippen LogP contribution >= 0.6 is 0 Å². The Labute approximate surface area is 72.4 Å². The lowest BCUT2D eigenvalue weighted by molar-refractivity contribution is -0.670. The highest BCUT2D eigenvalue weighted by molar-refractivity contribution is 5.28. The van der Waals surface area contributed by atoms with Crippen molar-refractivity contribution >= 4 is 0 Å². The lowest BCUT2D eigenvalue weighted by Gasteiger charge is -2.13. The van der Waals surface area contributed by atoms with Crippen molar-refractivity contribution in [3.63, 3.8) is 0 Å². The second kappa shape index (κ2) is 4.91. The molecule has 12 heavy (non-hydrogen) atoms. The minimum absolute atomic E-state index is 1.30. The van der Waals surface area contributed by atoms with E-state index in [-0.39, 0.29) is 0 Å². The average molecular weight is 165 g/mol.